The summed E-state index contributed by atoms with van der Waals surface area (Å²) in [4.78, 5) is 8.89. The van der Waals surface area contributed by atoms with Crippen molar-refractivity contribution in [2.45, 2.75) is 47.0 Å². The molecule has 16 heavy (non-hydrogen) atoms. The van der Waals surface area contributed by atoms with E-state index in [1.54, 1.807) is 0 Å². The Bertz CT molecular complexity index is 116. The molecule has 0 spiro atoms. The van der Waals surface area contributed by atoms with E-state index in [1.165, 1.54) is 36.5 Å². The van der Waals surface area contributed by atoms with Gasteiger partial charge in [0, 0.05) is 5.97 Å². The van der Waals surface area contributed by atoms with Crippen LogP contribution in [0.4, 0.5) is 0 Å². The monoisotopic (exact) mass is 276 g/mol. The van der Waals surface area contributed by atoms with E-state index in [-0.39, 0.29) is 56.9 Å². The van der Waals surface area contributed by atoms with Crippen molar-refractivity contribution in [3.63, 3.8) is 0 Å². The zero-order chi connectivity index (χ0) is 11.4. The Balaban J connectivity index is -0.000000105. The molecule has 0 aliphatic rings. The van der Waals surface area contributed by atoms with Gasteiger partial charge in [0.05, 0.1) is 0 Å². The number of hydrogen-bond donors (Lipinski definition) is 0. The number of carboxylic acids is 1. The molecule has 0 heterocycles. The minimum atomic E-state index is -1.08. The maximum absolute atomic E-state index is 8.89. The van der Waals surface area contributed by atoms with Crippen molar-refractivity contribution in [2.75, 3.05) is 17.3 Å². The molecule has 0 fully saturated rings. The Kier molecular flexibility index (Phi) is 35.3. The van der Waals surface area contributed by atoms with Crippen molar-refractivity contribution in [1.82, 2.24) is 0 Å². The van der Waals surface area contributed by atoms with Crippen LogP contribution in [-0.2, 0) is 15.7 Å². The van der Waals surface area contributed by atoms with Crippen LogP contribution in [0.3, 0.4) is 0 Å². The molecule has 0 atom stereocenters. The summed E-state index contributed by atoms with van der Waals surface area (Å²) in [5.41, 5.74) is 0. The van der Waals surface area contributed by atoms with Crippen molar-refractivity contribution in [2.24, 2.45) is 0 Å². The molecule has 0 aromatic rings. The van der Waals surface area contributed by atoms with E-state index in [0.717, 1.165) is 17.8 Å². The van der Waals surface area contributed by atoms with Crippen molar-refractivity contribution in [1.29, 1.82) is 0 Å². The molecular formula is C11H25KO3S. The molecule has 0 rings (SSSR count). The van der Waals surface area contributed by atoms with Gasteiger partial charge >= 0.3 is 51.4 Å². The van der Waals surface area contributed by atoms with Crippen LogP contribution < -0.4 is 56.5 Å². The second-order valence-corrected chi connectivity index (χ2v) is 5.67. The molecule has 0 saturated carbocycles. The second-order valence-electron chi connectivity index (χ2n) is 3.22. The summed E-state index contributed by atoms with van der Waals surface area (Å²) in [6.07, 6.45) is 4.13. The van der Waals surface area contributed by atoms with Gasteiger partial charge in [0.1, 0.15) is 17.3 Å². The quantitative estimate of drug-likeness (QED) is 0.434. The molecule has 0 radical (unpaired) electrons. The zero-order valence-electron chi connectivity index (χ0n) is 11.4. The Morgan fingerprint density at radius 3 is 1.31 bits per heavy atom. The largest absolute Gasteiger partial charge is 1.00 e. The molecule has 0 aromatic heterocycles. The average molecular weight is 276 g/mol. The molecular weight excluding hydrogens is 251 g/mol. The summed E-state index contributed by atoms with van der Waals surface area (Å²) in [5.74, 6) is 3.34. The van der Waals surface area contributed by atoms with Crippen LogP contribution in [0.5, 0.6) is 0 Å². The molecule has 0 aromatic carbocycles. The van der Waals surface area contributed by atoms with Crippen molar-refractivity contribution in [3.8, 4) is 0 Å². The van der Waals surface area contributed by atoms with Crippen LogP contribution in [-0.4, -0.2) is 28.7 Å². The van der Waals surface area contributed by atoms with Crippen molar-refractivity contribution in [3.05, 3.63) is 0 Å². The first-order chi connectivity index (χ1) is 6.58. The molecule has 5 heteroatoms. The fraction of sp³-hybridized carbons (Fsp3) is 0.909. The van der Waals surface area contributed by atoms with E-state index < -0.39 is 5.97 Å². The van der Waals surface area contributed by atoms with E-state index in [9.17, 15) is 0 Å². The molecule has 0 bridgehead atoms. The predicted molar refractivity (Wildman–Crippen MR) is 65.5 cm³/mol. The summed E-state index contributed by atoms with van der Waals surface area (Å²) >= 11 is 0. The van der Waals surface area contributed by atoms with Crippen LogP contribution in [0.25, 0.3) is 0 Å². The molecule has 1 N–H and O–H groups in total. The first-order valence-electron chi connectivity index (χ1n) is 5.40. The number of carboxylic acid groups (broad SMARTS) is 1. The van der Waals surface area contributed by atoms with E-state index in [0.29, 0.717) is 0 Å². The van der Waals surface area contributed by atoms with E-state index in [4.69, 9.17) is 9.90 Å². The SMILES string of the molecule is CC(=O)[O-].CCC[S+](CCC)CCC.[K+].[OH-]. The third kappa shape index (κ3) is 29.5. The Hall–Kier alpha value is 1.42. The molecule has 0 aliphatic carbocycles. The molecule has 94 valence electrons. The van der Waals surface area contributed by atoms with E-state index in [1.807, 2.05) is 0 Å². The summed E-state index contributed by atoms with van der Waals surface area (Å²) in [6.45, 7) is 7.86. The third-order valence-electron chi connectivity index (χ3n) is 1.48. The molecule has 0 amide bonds. The average Bonchev–Trinajstić information content (AvgIpc) is 2.04. The van der Waals surface area contributed by atoms with Gasteiger partial charge in [-0.15, -0.1) is 0 Å². The summed E-state index contributed by atoms with van der Waals surface area (Å²) < 4.78 is 0. The van der Waals surface area contributed by atoms with Gasteiger partial charge in [-0.3, -0.25) is 0 Å². The topological polar surface area (TPSA) is 70.1 Å². The normalized spacial score (nSPS) is 8.31. The van der Waals surface area contributed by atoms with Crippen LogP contribution in [0, 0.1) is 0 Å². The Morgan fingerprint density at radius 2 is 1.19 bits per heavy atom. The van der Waals surface area contributed by atoms with Crippen LogP contribution in [0.15, 0.2) is 0 Å². The smallest absolute Gasteiger partial charge is 0.870 e. The Labute approximate surface area is 146 Å². The fourth-order valence-electron chi connectivity index (χ4n) is 1.17. The van der Waals surface area contributed by atoms with Gasteiger partial charge in [0.25, 0.3) is 0 Å². The van der Waals surface area contributed by atoms with Gasteiger partial charge in [-0.25, -0.2) is 0 Å². The van der Waals surface area contributed by atoms with Gasteiger partial charge in [0.15, 0.2) is 0 Å². The minimum absolute atomic E-state index is 0. The van der Waals surface area contributed by atoms with E-state index in [2.05, 4.69) is 20.8 Å². The first-order valence-corrected chi connectivity index (χ1v) is 7.13. The maximum Gasteiger partial charge on any atom is 1.00 e. The van der Waals surface area contributed by atoms with Gasteiger partial charge in [-0.2, -0.15) is 0 Å². The number of aliphatic carboxylic acids is 1. The maximum atomic E-state index is 8.89. The van der Waals surface area contributed by atoms with E-state index >= 15 is 0 Å². The molecule has 0 aliphatic heterocycles. The standard InChI is InChI=1S/C9H21S.C2H4O2.K.H2O/c1-4-7-10(8-5-2)9-6-3;1-2(3)4;;/h4-9H2,1-3H3;1H3,(H,3,4);;1H2/q+1;;+1;/p-2. The first kappa shape index (κ1) is 26.1. The van der Waals surface area contributed by atoms with Crippen molar-refractivity contribution >= 4 is 16.9 Å². The van der Waals surface area contributed by atoms with Gasteiger partial charge < -0.3 is 15.4 Å². The number of carbonyl (C=O) groups is 1. The fourth-order valence-corrected chi connectivity index (χ4v) is 3.52. The summed E-state index contributed by atoms with van der Waals surface area (Å²) in [5, 5.41) is 8.89. The predicted octanol–water partition coefficient (Wildman–Crippen LogP) is -1.58. The van der Waals surface area contributed by atoms with Crippen LogP contribution in [0.1, 0.15) is 47.0 Å². The number of rotatable bonds is 6. The summed E-state index contributed by atoms with van der Waals surface area (Å²) in [7, 11) is 0.775. The minimum Gasteiger partial charge on any atom is -0.870 e. The molecule has 0 saturated heterocycles. The number of hydrogen-bond acceptors (Lipinski definition) is 3. The van der Waals surface area contributed by atoms with Gasteiger partial charge in [-0.1, -0.05) is 20.8 Å². The summed E-state index contributed by atoms with van der Waals surface area (Å²) in [6, 6.07) is 0. The van der Waals surface area contributed by atoms with Gasteiger partial charge in [0.2, 0.25) is 0 Å². The Morgan fingerprint density at radius 1 is 1.00 bits per heavy atom. The van der Waals surface area contributed by atoms with Crippen LogP contribution >= 0.6 is 0 Å². The third-order valence-corrected chi connectivity index (χ3v) is 4.44. The number of carbonyl (C=O) groups excluding carboxylic acids is 1. The van der Waals surface area contributed by atoms with Crippen molar-refractivity contribution < 1.29 is 66.8 Å². The zero-order valence-corrected chi connectivity index (χ0v) is 15.4. The van der Waals surface area contributed by atoms with Crippen LogP contribution in [0.2, 0.25) is 0 Å². The molecule has 3 nitrogen and oxygen atoms in total. The van der Waals surface area contributed by atoms with Gasteiger partial charge in [-0.05, 0) is 37.1 Å². The second kappa shape index (κ2) is 21.7. The molecule has 0 unspecified atom stereocenters.